The molecule has 3 rings (SSSR count). The van der Waals surface area contributed by atoms with Crippen molar-refractivity contribution in [3.8, 4) is 5.75 Å². The summed E-state index contributed by atoms with van der Waals surface area (Å²) in [7, 11) is 0. The monoisotopic (exact) mass is 402 g/mol. The number of aliphatic carboxylic acids is 1. The van der Waals surface area contributed by atoms with E-state index < -0.39 is 11.8 Å². The summed E-state index contributed by atoms with van der Waals surface area (Å²) in [5.74, 6) is -0.392. The normalized spacial score (nSPS) is 13.9. The van der Waals surface area contributed by atoms with Crippen LogP contribution in [0.15, 0.2) is 35.9 Å². The highest BCUT2D eigenvalue weighted by molar-refractivity contribution is 6.30. The number of carboxylic acids is 1. The number of carboxylic acid groups (broad SMARTS) is 1. The summed E-state index contributed by atoms with van der Waals surface area (Å²) in [4.78, 5) is 10.8. The van der Waals surface area contributed by atoms with Crippen molar-refractivity contribution in [3.05, 3.63) is 69.0 Å². The van der Waals surface area contributed by atoms with Gasteiger partial charge in [0, 0.05) is 6.42 Å². The second-order valence-corrected chi connectivity index (χ2v) is 7.63. The Morgan fingerprint density at radius 2 is 1.96 bits per heavy atom. The molecule has 0 spiro atoms. The minimum absolute atomic E-state index is 0.119. The number of aryl methyl sites for hydroxylation is 1. The van der Waals surface area contributed by atoms with Crippen LogP contribution in [0, 0.1) is 19.7 Å². The zero-order valence-electron chi connectivity index (χ0n) is 16.1. The molecule has 2 aromatic carbocycles. The molecule has 2 aromatic rings. The Bertz CT molecular complexity index is 934. The van der Waals surface area contributed by atoms with Crippen molar-refractivity contribution in [1.82, 2.24) is 0 Å². The molecule has 1 N–H and O–H groups in total. The minimum Gasteiger partial charge on any atom is -0.489 e. The van der Waals surface area contributed by atoms with Gasteiger partial charge in [-0.2, -0.15) is 0 Å². The molecule has 0 amide bonds. The van der Waals surface area contributed by atoms with E-state index in [-0.39, 0.29) is 11.4 Å². The predicted octanol–water partition coefficient (Wildman–Crippen LogP) is 6.13. The fourth-order valence-corrected chi connectivity index (χ4v) is 3.80. The summed E-state index contributed by atoms with van der Waals surface area (Å²) in [5, 5.41) is 9.02. The smallest absolute Gasteiger partial charge is 0.303 e. The van der Waals surface area contributed by atoms with Crippen molar-refractivity contribution in [2.75, 3.05) is 6.61 Å². The number of halogens is 2. The molecule has 0 fully saturated rings. The van der Waals surface area contributed by atoms with E-state index in [0.29, 0.717) is 13.0 Å². The van der Waals surface area contributed by atoms with Gasteiger partial charge in [-0.1, -0.05) is 23.7 Å². The largest absolute Gasteiger partial charge is 0.489 e. The SMILES string of the molecule is Cc1c(CCC(=O)O)ccc(OCC2=C(c3ccc(Cl)c(F)c3)CCC2)c1C. The molecular weight excluding hydrogens is 379 g/mol. The fraction of sp³-hybridized carbons (Fsp3) is 0.348. The highest BCUT2D eigenvalue weighted by atomic mass is 35.5. The van der Waals surface area contributed by atoms with Gasteiger partial charge in [0.05, 0.1) is 5.02 Å². The highest BCUT2D eigenvalue weighted by Gasteiger charge is 2.18. The second kappa shape index (κ2) is 8.78. The van der Waals surface area contributed by atoms with E-state index in [4.69, 9.17) is 21.4 Å². The van der Waals surface area contributed by atoms with E-state index in [1.807, 2.05) is 32.0 Å². The molecule has 1 aliphatic rings. The first kappa shape index (κ1) is 20.4. The van der Waals surface area contributed by atoms with Crippen molar-refractivity contribution in [2.24, 2.45) is 0 Å². The van der Waals surface area contributed by atoms with Gasteiger partial charge in [-0.15, -0.1) is 0 Å². The zero-order valence-corrected chi connectivity index (χ0v) is 16.9. The van der Waals surface area contributed by atoms with Crippen molar-refractivity contribution in [2.45, 2.75) is 46.0 Å². The summed E-state index contributed by atoms with van der Waals surface area (Å²) in [6.07, 6.45) is 3.51. The Kier molecular flexibility index (Phi) is 6.40. The average molecular weight is 403 g/mol. The van der Waals surface area contributed by atoms with Gasteiger partial charge in [-0.05, 0) is 91.1 Å². The fourth-order valence-electron chi connectivity index (χ4n) is 3.68. The molecule has 0 saturated heterocycles. The summed E-state index contributed by atoms with van der Waals surface area (Å²) in [6.45, 7) is 4.46. The van der Waals surface area contributed by atoms with Crippen molar-refractivity contribution in [3.63, 3.8) is 0 Å². The Balaban J connectivity index is 1.76. The third kappa shape index (κ3) is 4.56. The van der Waals surface area contributed by atoms with E-state index in [9.17, 15) is 9.18 Å². The molecule has 3 nitrogen and oxygen atoms in total. The first-order valence-corrected chi connectivity index (χ1v) is 9.84. The molecule has 1 aliphatic carbocycles. The number of hydrogen-bond donors (Lipinski definition) is 1. The number of hydrogen-bond acceptors (Lipinski definition) is 2. The number of ether oxygens (including phenoxy) is 1. The molecular formula is C23H24ClFO3. The van der Waals surface area contributed by atoms with Crippen molar-refractivity contribution in [1.29, 1.82) is 0 Å². The first-order valence-electron chi connectivity index (χ1n) is 9.46. The molecule has 28 heavy (non-hydrogen) atoms. The van der Waals surface area contributed by atoms with E-state index >= 15 is 0 Å². The Labute approximate surface area is 169 Å². The average Bonchev–Trinajstić information content (AvgIpc) is 3.13. The highest BCUT2D eigenvalue weighted by Crippen LogP contribution is 2.36. The van der Waals surface area contributed by atoms with Crippen LogP contribution >= 0.6 is 11.6 Å². The summed E-state index contributed by atoms with van der Waals surface area (Å²) in [5.41, 5.74) is 6.33. The summed E-state index contributed by atoms with van der Waals surface area (Å²) in [6, 6.07) is 8.81. The number of benzene rings is 2. The molecule has 0 radical (unpaired) electrons. The van der Waals surface area contributed by atoms with Gasteiger partial charge >= 0.3 is 5.97 Å². The van der Waals surface area contributed by atoms with Gasteiger partial charge in [-0.3, -0.25) is 4.79 Å². The van der Waals surface area contributed by atoms with Gasteiger partial charge < -0.3 is 9.84 Å². The topological polar surface area (TPSA) is 46.5 Å². The van der Waals surface area contributed by atoms with Crippen LogP contribution in [0.1, 0.15) is 47.9 Å². The van der Waals surface area contributed by atoms with Crippen LogP contribution in [0.2, 0.25) is 5.02 Å². The predicted molar refractivity (Wildman–Crippen MR) is 110 cm³/mol. The molecule has 0 atom stereocenters. The van der Waals surface area contributed by atoms with Crippen LogP contribution in [0.3, 0.4) is 0 Å². The molecule has 0 aromatic heterocycles. The van der Waals surface area contributed by atoms with Gasteiger partial charge in [0.25, 0.3) is 0 Å². The Hall–Kier alpha value is -2.33. The van der Waals surface area contributed by atoms with Crippen LogP contribution < -0.4 is 4.74 Å². The molecule has 0 aliphatic heterocycles. The summed E-state index contributed by atoms with van der Waals surface area (Å²) >= 11 is 5.80. The van der Waals surface area contributed by atoms with Crippen LogP contribution in [0.5, 0.6) is 5.75 Å². The van der Waals surface area contributed by atoms with Crippen LogP contribution in [-0.4, -0.2) is 17.7 Å². The van der Waals surface area contributed by atoms with E-state index in [1.54, 1.807) is 6.07 Å². The lowest BCUT2D eigenvalue weighted by Crippen LogP contribution is -2.05. The van der Waals surface area contributed by atoms with Crippen LogP contribution in [-0.2, 0) is 11.2 Å². The van der Waals surface area contributed by atoms with Gasteiger partial charge in [-0.25, -0.2) is 4.39 Å². The quantitative estimate of drug-likeness (QED) is 0.606. The second-order valence-electron chi connectivity index (χ2n) is 7.22. The van der Waals surface area contributed by atoms with E-state index in [0.717, 1.165) is 52.8 Å². The van der Waals surface area contributed by atoms with Gasteiger partial charge in [0.15, 0.2) is 0 Å². The molecule has 5 heteroatoms. The molecule has 0 unspecified atom stereocenters. The maximum Gasteiger partial charge on any atom is 0.303 e. The zero-order chi connectivity index (χ0) is 20.3. The first-order chi connectivity index (χ1) is 13.4. The van der Waals surface area contributed by atoms with Gasteiger partial charge in [0.2, 0.25) is 0 Å². The lowest BCUT2D eigenvalue weighted by molar-refractivity contribution is -0.136. The number of carbonyl (C=O) groups is 1. The third-order valence-corrected chi connectivity index (χ3v) is 5.77. The summed E-state index contributed by atoms with van der Waals surface area (Å²) < 4.78 is 19.9. The Morgan fingerprint density at radius 3 is 2.68 bits per heavy atom. The maximum absolute atomic E-state index is 13.8. The number of rotatable bonds is 7. The third-order valence-electron chi connectivity index (χ3n) is 5.46. The standard InChI is InChI=1S/C23H24ClFO3/c1-14-15(2)22(10-7-16(14)8-11-23(26)27)28-13-18-4-3-5-19(18)17-6-9-20(24)21(25)12-17/h6-7,9-10,12H,3-5,8,11,13H2,1-2H3,(H,26,27). The number of allylic oxidation sites excluding steroid dienone is 1. The minimum atomic E-state index is -0.795. The van der Waals surface area contributed by atoms with Crippen LogP contribution in [0.25, 0.3) is 5.57 Å². The molecule has 0 bridgehead atoms. The lowest BCUT2D eigenvalue weighted by atomic mass is 9.99. The molecule has 148 valence electrons. The lowest BCUT2D eigenvalue weighted by Gasteiger charge is -2.16. The molecule has 0 heterocycles. The maximum atomic E-state index is 13.8. The Morgan fingerprint density at radius 1 is 1.18 bits per heavy atom. The van der Waals surface area contributed by atoms with E-state index in [1.165, 1.54) is 11.6 Å². The van der Waals surface area contributed by atoms with Crippen LogP contribution in [0.4, 0.5) is 4.39 Å². The van der Waals surface area contributed by atoms with Crippen molar-refractivity contribution < 1.29 is 19.0 Å². The van der Waals surface area contributed by atoms with Gasteiger partial charge in [0.1, 0.15) is 18.2 Å². The van der Waals surface area contributed by atoms with E-state index in [2.05, 4.69) is 0 Å². The molecule has 0 saturated carbocycles. The van der Waals surface area contributed by atoms with Crippen molar-refractivity contribution >= 4 is 23.1 Å².